The lowest BCUT2D eigenvalue weighted by Gasteiger charge is -2.11. The summed E-state index contributed by atoms with van der Waals surface area (Å²) in [5, 5.41) is 1.25. The minimum atomic E-state index is 0.462. The van der Waals surface area contributed by atoms with Gasteiger partial charge in [-0.1, -0.05) is 26.8 Å². The third-order valence-corrected chi connectivity index (χ3v) is 3.49. The first-order valence-electron chi connectivity index (χ1n) is 6.19. The molecule has 0 fully saturated rings. The van der Waals surface area contributed by atoms with Crippen LogP contribution in [0, 0.1) is 0 Å². The largest absolute Gasteiger partial charge is 0.253 e. The summed E-state index contributed by atoms with van der Waals surface area (Å²) in [6.07, 6.45) is 1.06. The number of nitrogens with zero attached hydrogens (tertiary/aromatic N) is 1. The molecule has 0 bridgehead atoms. The summed E-state index contributed by atoms with van der Waals surface area (Å²) in [5.74, 6) is 1.23. The van der Waals surface area contributed by atoms with Gasteiger partial charge in [-0.2, -0.15) is 12.6 Å². The van der Waals surface area contributed by atoms with Crippen LogP contribution in [0.4, 0.5) is 0 Å². The molecule has 2 rings (SSSR count). The molecule has 1 aromatic carbocycles. The second-order valence-corrected chi connectivity index (χ2v) is 5.04. The monoisotopic (exact) mass is 245 g/mol. The first-order valence-corrected chi connectivity index (χ1v) is 6.82. The number of thiol groups is 1. The fourth-order valence-corrected chi connectivity index (χ4v) is 2.27. The van der Waals surface area contributed by atoms with Crippen LogP contribution in [0.25, 0.3) is 10.9 Å². The Labute approximate surface area is 109 Å². The van der Waals surface area contributed by atoms with E-state index in [2.05, 4.69) is 57.7 Å². The van der Waals surface area contributed by atoms with Crippen molar-refractivity contribution in [1.29, 1.82) is 0 Å². The zero-order valence-electron chi connectivity index (χ0n) is 10.7. The van der Waals surface area contributed by atoms with E-state index >= 15 is 0 Å². The van der Waals surface area contributed by atoms with E-state index in [4.69, 9.17) is 4.98 Å². The van der Waals surface area contributed by atoms with Crippen LogP contribution in [0.15, 0.2) is 24.3 Å². The number of pyridine rings is 1. The van der Waals surface area contributed by atoms with Gasteiger partial charge in [0, 0.05) is 16.8 Å². The molecule has 1 aromatic heterocycles. The van der Waals surface area contributed by atoms with E-state index in [0.29, 0.717) is 5.92 Å². The molecule has 0 spiro atoms. The minimum Gasteiger partial charge on any atom is -0.253 e. The Hall–Kier alpha value is -1.02. The third kappa shape index (κ3) is 2.47. The maximum absolute atomic E-state index is 4.72. The van der Waals surface area contributed by atoms with Gasteiger partial charge in [0.1, 0.15) is 0 Å². The first kappa shape index (κ1) is 12.4. The van der Waals surface area contributed by atoms with Crippen LogP contribution in [-0.4, -0.2) is 4.98 Å². The van der Waals surface area contributed by atoms with Gasteiger partial charge >= 0.3 is 0 Å². The Morgan fingerprint density at radius 2 is 2.00 bits per heavy atom. The van der Waals surface area contributed by atoms with Crippen molar-refractivity contribution in [2.75, 3.05) is 0 Å². The van der Waals surface area contributed by atoms with Crippen molar-refractivity contribution in [2.24, 2.45) is 0 Å². The molecule has 0 aliphatic rings. The van der Waals surface area contributed by atoms with Crippen molar-refractivity contribution in [1.82, 2.24) is 4.98 Å². The van der Waals surface area contributed by atoms with Gasteiger partial charge in [-0.3, -0.25) is 4.98 Å². The Kier molecular flexibility index (Phi) is 3.72. The predicted molar refractivity (Wildman–Crippen MR) is 77.9 cm³/mol. The van der Waals surface area contributed by atoms with Crippen molar-refractivity contribution >= 4 is 23.5 Å². The molecule has 0 aliphatic carbocycles. The number of aryl methyl sites for hydroxylation is 1. The quantitative estimate of drug-likeness (QED) is 0.793. The summed E-state index contributed by atoms with van der Waals surface area (Å²) in [5.41, 5.74) is 4.90. The molecular weight excluding hydrogens is 226 g/mol. The summed E-state index contributed by atoms with van der Waals surface area (Å²) in [7, 11) is 0. The van der Waals surface area contributed by atoms with Crippen LogP contribution in [0.1, 0.15) is 43.5 Å². The van der Waals surface area contributed by atoms with E-state index in [1.54, 1.807) is 0 Å². The van der Waals surface area contributed by atoms with Crippen LogP contribution >= 0.6 is 12.6 Å². The normalized spacial score (nSPS) is 11.4. The fourth-order valence-electron chi connectivity index (χ4n) is 2.01. The highest BCUT2D eigenvalue weighted by atomic mass is 32.1. The van der Waals surface area contributed by atoms with Gasteiger partial charge in [0.25, 0.3) is 0 Å². The van der Waals surface area contributed by atoms with Crippen LogP contribution < -0.4 is 0 Å². The Bertz CT molecular complexity index is 532. The van der Waals surface area contributed by atoms with Crippen molar-refractivity contribution in [2.45, 2.75) is 38.9 Å². The summed E-state index contributed by atoms with van der Waals surface area (Å²) >= 11 is 4.44. The fraction of sp³-hybridized carbons (Fsp3) is 0.400. The van der Waals surface area contributed by atoms with Gasteiger partial charge in [0.05, 0.1) is 5.52 Å². The Morgan fingerprint density at radius 1 is 1.24 bits per heavy atom. The van der Waals surface area contributed by atoms with Gasteiger partial charge in [-0.05, 0) is 41.7 Å². The molecule has 0 N–H and O–H groups in total. The molecular formula is C15H19NS. The lowest BCUT2D eigenvalue weighted by Crippen LogP contribution is -1.97. The van der Waals surface area contributed by atoms with Gasteiger partial charge in [-0.15, -0.1) is 0 Å². The number of benzene rings is 1. The van der Waals surface area contributed by atoms with Crippen molar-refractivity contribution < 1.29 is 0 Å². The zero-order chi connectivity index (χ0) is 12.4. The Morgan fingerprint density at radius 3 is 2.59 bits per heavy atom. The number of fused-ring (bicyclic) bond motifs is 1. The van der Waals surface area contributed by atoms with E-state index in [-0.39, 0.29) is 0 Å². The second kappa shape index (κ2) is 5.09. The topological polar surface area (TPSA) is 12.9 Å². The molecule has 0 amide bonds. The molecule has 0 saturated heterocycles. The SMILES string of the molecule is CCc1ccc2nc(C(C)C)cc(CS)c2c1. The average molecular weight is 245 g/mol. The van der Waals surface area contributed by atoms with Gasteiger partial charge < -0.3 is 0 Å². The molecule has 17 heavy (non-hydrogen) atoms. The highest BCUT2D eigenvalue weighted by Crippen LogP contribution is 2.24. The van der Waals surface area contributed by atoms with E-state index < -0.39 is 0 Å². The predicted octanol–water partition coefficient (Wildman–Crippen LogP) is 4.35. The van der Waals surface area contributed by atoms with E-state index in [9.17, 15) is 0 Å². The Balaban J connectivity index is 2.68. The van der Waals surface area contributed by atoms with E-state index in [0.717, 1.165) is 23.4 Å². The number of hydrogen-bond donors (Lipinski definition) is 1. The zero-order valence-corrected chi connectivity index (χ0v) is 11.6. The average Bonchev–Trinajstić information content (AvgIpc) is 2.36. The molecule has 2 heteroatoms. The number of hydrogen-bond acceptors (Lipinski definition) is 2. The molecule has 1 nitrogen and oxygen atoms in total. The maximum Gasteiger partial charge on any atom is 0.0708 e. The van der Waals surface area contributed by atoms with Gasteiger partial charge in [-0.25, -0.2) is 0 Å². The molecule has 0 unspecified atom stereocenters. The second-order valence-electron chi connectivity index (χ2n) is 4.72. The number of rotatable bonds is 3. The lowest BCUT2D eigenvalue weighted by molar-refractivity contribution is 0.828. The van der Waals surface area contributed by atoms with Crippen LogP contribution in [0.5, 0.6) is 0 Å². The molecule has 0 radical (unpaired) electrons. The lowest BCUT2D eigenvalue weighted by atomic mass is 10.0. The van der Waals surface area contributed by atoms with Crippen molar-refractivity contribution in [3.8, 4) is 0 Å². The summed E-state index contributed by atoms with van der Waals surface area (Å²) in [6, 6.07) is 8.74. The third-order valence-electron chi connectivity index (χ3n) is 3.15. The molecule has 0 atom stereocenters. The molecule has 2 aromatic rings. The summed E-state index contributed by atoms with van der Waals surface area (Å²) in [6.45, 7) is 6.53. The van der Waals surface area contributed by atoms with Crippen LogP contribution in [0.2, 0.25) is 0 Å². The minimum absolute atomic E-state index is 0.462. The molecule has 0 aliphatic heterocycles. The standard InChI is InChI=1S/C15H19NS/c1-4-11-5-6-14-13(7-11)12(9-17)8-15(16-14)10(2)3/h5-8,10,17H,4,9H2,1-3H3. The number of aromatic nitrogens is 1. The van der Waals surface area contributed by atoms with Crippen molar-refractivity contribution in [3.05, 3.63) is 41.1 Å². The molecule has 90 valence electrons. The van der Waals surface area contributed by atoms with Gasteiger partial charge in [0.15, 0.2) is 0 Å². The van der Waals surface area contributed by atoms with E-state index in [1.165, 1.54) is 16.5 Å². The van der Waals surface area contributed by atoms with Crippen LogP contribution in [0.3, 0.4) is 0 Å². The highest BCUT2D eigenvalue weighted by Gasteiger charge is 2.08. The summed E-state index contributed by atoms with van der Waals surface area (Å²) < 4.78 is 0. The molecule has 0 saturated carbocycles. The maximum atomic E-state index is 4.72. The van der Waals surface area contributed by atoms with E-state index in [1.807, 2.05) is 0 Å². The smallest absolute Gasteiger partial charge is 0.0708 e. The molecule has 1 heterocycles. The highest BCUT2D eigenvalue weighted by molar-refractivity contribution is 7.79. The first-order chi connectivity index (χ1) is 8.15. The van der Waals surface area contributed by atoms with Gasteiger partial charge in [0.2, 0.25) is 0 Å². The van der Waals surface area contributed by atoms with Crippen LogP contribution in [-0.2, 0) is 12.2 Å². The summed E-state index contributed by atoms with van der Waals surface area (Å²) in [4.78, 5) is 4.72. The van der Waals surface area contributed by atoms with Crippen molar-refractivity contribution in [3.63, 3.8) is 0 Å².